The van der Waals surface area contributed by atoms with Crippen molar-refractivity contribution in [2.45, 2.75) is 76.8 Å². The van der Waals surface area contributed by atoms with Crippen molar-refractivity contribution in [3.63, 3.8) is 0 Å². The van der Waals surface area contributed by atoms with Crippen LogP contribution in [-0.2, 0) is 71.6 Å². The van der Waals surface area contributed by atoms with Crippen LogP contribution in [0.25, 0.3) is 0 Å². The molecule has 1 fully saturated rings. The number of ether oxygens (including phenoxy) is 4. The summed E-state index contributed by atoms with van der Waals surface area (Å²) in [5.74, 6) is 0. The molecule has 1 heterocycles. The highest BCUT2D eigenvalue weighted by Crippen LogP contribution is 2.25. The van der Waals surface area contributed by atoms with Gasteiger partial charge in [0.1, 0.15) is 0 Å². The predicted octanol–water partition coefficient (Wildman–Crippen LogP) is 12.4. The van der Waals surface area contributed by atoms with Crippen molar-refractivity contribution in [1.82, 2.24) is 19.6 Å². The molecule has 76 heavy (non-hydrogen) atoms. The Morgan fingerprint density at radius 2 is 0.382 bits per heavy atom. The summed E-state index contributed by atoms with van der Waals surface area (Å²) in [6.07, 6.45) is 0. The average molecular weight is 1010 g/mol. The van der Waals surface area contributed by atoms with Gasteiger partial charge in [0.05, 0.1) is 52.9 Å². The average Bonchev–Trinajstić information content (AvgIpc) is 3.47. The van der Waals surface area contributed by atoms with Gasteiger partial charge in [-0.3, -0.25) is 19.6 Å². The van der Waals surface area contributed by atoms with Crippen LogP contribution in [0.15, 0.2) is 243 Å². The normalized spacial score (nSPS) is 18.4. The van der Waals surface area contributed by atoms with Crippen LogP contribution in [-0.4, -0.2) is 96.4 Å². The molecule has 1 saturated heterocycles. The van der Waals surface area contributed by atoms with Gasteiger partial charge in [-0.1, -0.05) is 243 Å². The minimum absolute atomic E-state index is 0.0218. The van der Waals surface area contributed by atoms with Crippen LogP contribution in [0.1, 0.15) is 44.5 Å². The molecule has 9 rings (SSSR count). The highest BCUT2D eigenvalue weighted by molar-refractivity contribution is 5.21. The van der Waals surface area contributed by atoms with E-state index in [1.165, 1.54) is 22.3 Å². The van der Waals surface area contributed by atoms with Crippen LogP contribution < -0.4 is 0 Å². The largest absolute Gasteiger partial charge is 0.375 e. The Morgan fingerprint density at radius 3 is 0.553 bits per heavy atom. The summed E-state index contributed by atoms with van der Waals surface area (Å²) in [6, 6.07) is 86.2. The van der Waals surface area contributed by atoms with Gasteiger partial charge < -0.3 is 18.9 Å². The molecule has 0 aliphatic carbocycles. The van der Waals surface area contributed by atoms with Gasteiger partial charge in [-0.15, -0.1) is 0 Å². The summed E-state index contributed by atoms with van der Waals surface area (Å²) in [5.41, 5.74) is 9.71. The molecule has 0 aromatic heterocycles. The third-order valence-corrected chi connectivity index (χ3v) is 14.4. The van der Waals surface area contributed by atoms with Gasteiger partial charge in [0.2, 0.25) is 0 Å². The maximum atomic E-state index is 6.95. The van der Waals surface area contributed by atoms with Gasteiger partial charge in [-0.25, -0.2) is 0 Å². The molecule has 392 valence electrons. The van der Waals surface area contributed by atoms with Crippen molar-refractivity contribution >= 4 is 0 Å². The first kappa shape index (κ1) is 54.2. The fraction of sp³-hybridized carbons (Fsp3) is 0.294. The van der Waals surface area contributed by atoms with Crippen molar-refractivity contribution in [3.8, 4) is 0 Å². The first-order valence-electron chi connectivity index (χ1n) is 27.3. The van der Waals surface area contributed by atoms with Crippen LogP contribution in [0.2, 0.25) is 0 Å². The van der Waals surface area contributed by atoms with E-state index in [4.69, 9.17) is 18.9 Å². The second-order valence-electron chi connectivity index (χ2n) is 20.3. The zero-order chi connectivity index (χ0) is 51.7. The van der Waals surface area contributed by atoms with Gasteiger partial charge in [0, 0.05) is 76.5 Å². The summed E-state index contributed by atoms with van der Waals surface area (Å²) in [6.45, 7) is 10.2. The number of rotatable bonds is 24. The van der Waals surface area contributed by atoms with Crippen LogP contribution >= 0.6 is 0 Å². The molecule has 8 nitrogen and oxygen atoms in total. The third-order valence-electron chi connectivity index (χ3n) is 14.4. The van der Waals surface area contributed by atoms with E-state index in [-0.39, 0.29) is 24.2 Å². The Kier molecular flexibility index (Phi) is 21.6. The Balaban J connectivity index is 1.18. The topological polar surface area (TPSA) is 49.9 Å². The van der Waals surface area contributed by atoms with Crippen molar-refractivity contribution in [2.24, 2.45) is 0 Å². The van der Waals surface area contributed by atoms with Crippen molar-refractivity contribution in [1.29, 1.82) is 0 Å². The van der Waals surface area contributed by atoms with Gasteiger partial charge >= 0.3 is 0 Å². The van der Waals surface area contributed by atoms with E-state index in [0.717, 1.165) is 74.6 Å². The standard InChI is InChI=1S/C68H76N4O4/c1-9-25-57(26-10-1)41-69-45-66(54-74-50-62-35-19-6-20-36-62)71(43-59-29-13-3-14-30-59)47-68(56-76-52-64-39-23-8-24-40-64)72(44-60-31-15-4-16-32-60)48-67(55-75-51-63-37-21-7-22-38-63)70(42-58-27-11-2-12-28-58)46-65(69)53-73-49-61-33-17-5-18-34-61/h1-40,65-68H,41-56H2. The molecule has 1 aliphatic heterocycles. The molecule has 1 aliphatic rings. The van der Waals surface area contributed by atoms with E-state index in [1.807, 2.05) is 0 Å². The fourth-order valence-corrected chi connectivity index (χ4v) is 10.4. The van der Waals surface area contributed by atoms with Crippen molar-refractivity contribution in [2.75, 3.05) is 52.6 Å². The molecule has 8 aromatic carbocycles. The third kappa shape index (κ3) is 17.8. The predicted molar refractivity (Wildman–Crippen MR) is 307 cm³/mol. The zero-order valence-electron chi connectivity index (χ0n) is 44.1. The van der Waals surface area contributed by atoms with Crippen LogP contribution in [0.4, 0.5) is 0 Å². The van der Waals surface area contributed by atoms with Crippen molar-refractivity contribution in [3.05, 3.63) is 287 Å². The molecule has 0 amide bonds. The van der Waals surface area contributed by atoms with Gasteiger partial charge in [0.15, 0.2) is 0 Å². The molecule has 0 saturated carbocycles. The number of hydrogen-bond donors (Lipinski definition) is 0. The van der Waals surface area contributed by atoms with Gasteiger partial charge in [-0.2, -0.15) is 0 Å². The Bertz CT molecular complexity index is 2380. The molecular formula is C68H76N4O4. The smallest absolute Gasteiger partial charge is 0.0717 e. The van der Waals surface area contributed by atoms with Gasteiger partial charge in [0.25, 0.3) is 0 Å². The maximum Gasteiger partial charge on any atom is 0.0717 e. The Labute approximate surface area is 453 Å². The summed E-state index contributed by atoms with van der Waals surface area (Å²) >= 11 is 0. The second kappa shape index (κ2) is 30.3. The molecule has 8 aromatic rings. The summed E-state index contributed by atoms with van der Waals surface area (Å²) in [4.78, 5) is 10.8. The summed E-state index contributed by atoms with van der Waals surface area (Å²) in [7, 11) is 0. The number of hydrogen-bond acceptors (Lipinski definition) is 8. The molecule has 4 atom stereocenters. The lowest BCUT2D eigenvalue weighted by Gasteiger charge is -2.46. The van der Waals surface area contributed by atoms with Crippen LogP contribution in [0.5, 0.6) is 0 Å². The lowest BCUT2D eigenvalue weighted by Crippen LogP contribution is -2.60. The zero-order valence-corrected chi connectivity index (χ0v) is 44.1. The van der Waals surface area contributed by atoms with Crippen LogP contribution in [0, 0.1) is 0 Å². The summed E-state index contributed by atoms with van der Waals surface area (Å²) in [5, 5.41) is 0. The fourth-order valence-electron chi connectivity index (χ4n) is 10.4. The molecular weight excluding hydrogens is 937 g/mol. The summed E-state index contributed by atoms with van der Waals surface area (Å²) < 4.78 is 27.8. The lowest BCUT2D eigenvalue weighted by molar-refractivity contribution is -0.0529. The van der Waals surface area contributed by atoms with E-state index in [1.54, 1.807) is 0 Å². The Hall–Kier alpha value is -6.56. The highest BCUT2D eigenvalue weighted by atomic mass is 16.5. The van der Waals surface area contributed by atoms with E-state index in [0.29, 0.717) is 52.9 Å². The van der Waals surface area contributed by atoms with E-state index in [2.05, 4.69) is 262 Å². The van der Waals surface area contributed by atoms with E-state index in [9.17, 15) is 0 Å². The first-order valence-corrected chi connectivity index (χ1v) is 27.3. The molecule has 4 unspecified atom stereocenters. The quantitative estimate of drug-likeness (QED) is 0.0593. The molecule has 0 bridgehead atoms. The van der Waals surface area contributed by atoms with Crippen molar-refractivity contribution < 1.29 is 18.9 Å². The molecule has 0 N–H and O–H groups in total. The van der Waals surface area contributed by atoms with E-state index >= 15 is 0 Å². The van der Waals surface area contributed by atoms with E-state index < -0.39 is 0 Å². The minimum atomic E-state index is -0.0218. The van der Waals surface area contributed by atoms with Gasteiger partial charge in [-0.05, 0) is 44.5 Å². The Morgan fingerprint density at radius 1 is 0.224 bits per heavy atom. The molecule has 0 radical (unpaired) electrons. The number of benzene rings is 8. The second-order valence-corrected chi connectivity index (χ2v) is 20.3. The van der Waals surface area contributed by atoms with Crippen LogP contribution in [0.3, 0.4) is 0 Å². The maximum absolute atomic E-state index is 6.95. The molecule has 0 spiro atoms. The highest BCUT2D eigenvalue weighted by Gasteiger charge is 2.36. The number of nitrogens with zero attached hydrogens (tertiary/aromatic N) is 4. The monoisotopic (exact) mass is 1010 g/mol. The molecule has 8 heteroatoms. The minimum Gasteiger partial charge on any atom is -0.375 e. The lowest BCUT2D eigenvalue weighted by atomic mass is 10.0. The first-order chi connectivity index (χ1) is 37.7. The SMILES string of the molecule is c1ccc(COCC2CN(Cc3ccccc3)C(COCc3ccccc3)CN(Cc3ccccc3)C(COCc3ccccc3)CN(Cc3ccccc3)C(COCc3ccccc3)CN2Cc2ccccc2)cc1.